The molecular formula is C25H32O9. The molecule has 186 valence electrons. The molecule has 0 spiro atoms. The Hall–Kier alpha value is -2.53. The Bertz CT molecular complexity index is 930. The molecule has 1 aliphatic heterocycles. The van der Waals surface area contributed by atoms with Gasteiger partial charge in [-0.2, -0.15) is 0 Å². The number of hydrogen-bond acceptors (Lipinski definition) is 9. The Balaban J connectivity index is 1.92. The lowest BCUT2D eigenvalue weighted by Crippen LogP contribution is -2.62. The van der Waals surface area contributed by atoms with Gasteiger partial charge in [-0.3, -0.25) is 10.1 Å². The third-order valence-corrected chi connectivity index (χ3v) is 5.81. The van der Waals surface area contributed by atoms with Crippen LogP contribution in [0.15, 0.2) is 42.5 Å². The zero-order valence-corrected chi connectivity index (χ0v) is 19.5. The number of aryl methyl sites for hydroxylation is 1. The molecule has 9 nitrogen and oxygen atoms in total. The van der Waals surface area contributed by atoms with Crippen LogP contribution in [0.5, 0.6) is 5.75 Å². The zero-order chi connectivity index (χ0) is 24.7. The van der Waals surface area contributed by atoms with Crippen molar-refractivity contribution in [2.75, 3.05) is 13.7 Å². The van der Waals surface area contributed by atoms with Crippen LogP contribution in [0, 0.1) is 0 Å². The van der Waals surface area contributed by atoms with E-state index in [1.165, 1.54) is 19.6 Å². The number of carbonyl (C=O) groups excluding carboxylic acids is 1. The Morgan fingerprint density at radius 3 is 2.32 bits per heavy atom. The Labute approximate surface area is 198 Å². The molecule has 1 fully saturated rings. The summed E-state index contributed by atoms with van der Waals surface area (Å²) in [6.07, 6.45) is -4.07. The first-order valence-corrected chi connectivity index (χ1v) is 11.2. The van der Waals surface area contributed by atoms with Gasteiger partial charge in [-0.25, -0.2) is 4.89 Å². The number of ether oxygens (including phenoxy) is 4. The molecule has 1 saturated heterocycles. The van der Waals surface area contributed by atoms with E-state index in [4.69, 9.17) is 24.2 Å². The Kier molecular flexibility index (Phi) is 9.40. The summed E-state index contributed by atoms with van der Waals surface area (Å²) in [5.41, 5.74) is 3.72. The minimum absolute atomic E-state index is 0.198. The lowest BCUT2D eigenvalue weighted by molar-refractivity contribution is -0.322. The fraction of sp³-hybridized carbons (Fsp3) is 0.480. The summed E-state index contributed by atoms with van der Waals surface area (Å²) in [6.45, 7) is 2.81. The highest BCUT2D eigenvalue weighted by atomic mass is 17.1. The molecular weight excluding hydrogens is 444 g/mol. The average molecular weight is 477 g/mol. The van der Waals surface area contributed by atoms with E-state index >= 15 is 0 Å². The van der Waals surface area contributed by atoms with Crippen molar-refractivity contribution in [1.82, 2.24) is 0 Å². The van der Waals surface area contributed by atoms with Crippen molar-refractivity contribution in [2.45, 2.75) is 64.0 Å². The van der Waals surface area contributed by atoms with Crippen LogP contribution in [0.4, 0.5) is 0 Å². The van der Waals surface area contributed by atoms with Crippen LogP contribution in [0.2, 0.25) is 0 Å². The van der Waals surface area contributed by atoms with Crippen molar-refractivity contribution >= 4 is 5.97 Å². The molecule has 0 unspecified atom stereocenters. The van der Waals surface area contributed by atoms with Crippen molar-refractivity contribution in [1.29, 1.82) is 0 Å². The second-order valence-electron chi connectivity index (χ2n) is 8.17. The van der Waals surface area contributed by atoms with Gasteiger partial charge in [0.25, 0.3) is 0 Å². The van der Waals surface area contributed by atoms with Gasteiger partial charge in [0, 0.05) is 20.5 Å². The van der Waals surface area contributed by atoms with Gasteiger partial charge >= 0.3 is 5.97 Å². The van der Waals surface area contributed by atoms with Crippen LogP contribution in [0.3, 0.4) is 0 Å². The molecule has 0 aliphatic carbocycles. The smallest absolute Gasteiger partial charge is 0.303 e. The first-order chi connectivity index (χ1) is 16.4. The van der Waals surface area contributed by atoms with Crippen LogP contribution in [0.25, 0.3) is 0 Å². The van der Waals surface area contributed by atoms with Crippen molar-refractivity contribution < 1.29 is 44.1 Å². The predicted molar refractivity (Wildman–Crippen MR) is 121 cm³/mol. The molecule has 0 radical (unpaired) electrons. The molecule has 0 saturated carbocycles. The lowest BCUT2D eigenvalue weighted by atomic mass is 9.98. The quantitative estimate of drug-likeness (QED) is 0.269. The highest BCUT2D eigenvalue weighted by Gasteiger charge is 2.49. The molecule has 0 amide bonds. The minimum atomic E-state index is -1.31. The summed E-state index contributed by atoms with van der Waals surface area (Å²) < 4.78 is 22.6. The van der Waals surface area contributed by atoms with E-state index in [-0.39, 0.29) is 13.2 Å². The first kappa shape index (κ1) is 26.1. The third kappa shape index (κ3) is 6.32. The highest BCUT2D eigenvalue weighted by Crippen LogP contribution is 2.31. The number of methoxy groups -OCH3 is 1. The van der Waals surface area contributed by atoms with Gasteiger partial charge in [0.05, 0.1) is 6.61 Å². The topological polar surface area (TPSA) is 124 Å². The molecule has 0 aromatic heterocycles. The van der Waals surface area contributed by atoms with Crippen molar-refractivity contribution in [3.63, 3.8) is 0 Å². The highest BCUT2D eigenvalue weighted by molar-refractivity contribution is 5.66. The van der Waals surface area contributed by atoms with Gasteiger partial charge in [-0.15, -0.1) is 0 Å². The van der Waals surface area contributed by atoms with Crippen molar-refractivity contribution in [3.8, 4) is 5.75 Å². The number of esters is 1. The van der Waals surface area contributed by atoms with Crippen LogP contribution < -0.4 is 4.74 Å². The third-order valence-electron chi connectivity index (χ3n) is 5.81. The largest absolute Gasteiger partial charge is 0.460 e. The standard InChI is InChI=1S/C25H32O9/c1-4-16-5-7-17(8-6-16)11-19-10-9-18(13-26)12-20(19)33-25-24(32-15(2)27)22(28)23(30-3)21(34-25)14-31-29/h5-10,12,21-26,28-29H,4,11,13-14H2,1-3H3/t21-,22+,23-,24-,25-/m1/s1. The number of carbonyl (C=O) groups is 1. The predicted octanol–water partition coefficient (Wildman–Crippen LogP) is 2.23. The van der Waals surface area contributed by atoms with Gasteiger partial charge < -0.3 is 29.2 Å². The Morgan fingerprint density at radius 1 is 1.06 bits per heavy atom. The maximum atomic E-state index is 11.7. The summed E-state index contributed by atoms with van der Waals surface area (Å²) >= 11 is 0. The van der Waals surface area contributed by atoms with E-state index in [0.29, 0.717) is 17.7 Å². The van der Waals surface area contributed by atoms with Gasteiger partial charge in [0.1, 0.15) is 30.7 Å². The van der Waals surface area contributed by atoms with E-state index in [2.05, 4.69) is 23.9 Å². The number of hydrogen-bond donors (Lipinski definition) is 3. The second kappa shape index (κ2) is 12.3. The number of benzene rings is 2. The average Bonchev–Trinajstić information content (AvgIpc) is 2.83. The van der Waals surface area contributed by atoms with E-state index in [0.717, 1.165) is 17.5 Å². The molecule has 3 rings (SSSR count). The monoisotopic (exact) mass is 476 g/mol. The minimum Gasteiger partial charge on any atom is -0.460 e. The SMILES string of the molecule is CCc1ccc(Cc2ccc(CO)cc2O[C@@H]2O[C@H](COO)[C@@H](OC)[C@H](O)[C@H]2OC(C)=O)cc1. The summed E-state index contributed by atoms with van der Waals surface area (Å²) in [4.78, 5) is 16.0. The molecule has 9 heteroatoms. The normalized spacial score (nSPS) is 24.6. The summed E-state index contributed by atoms with van der Waals surface area (Å²) in [5.74, 6) is -0.228. The lowest BCUT2D eigenvalue weighted by Gasteiger charge is -2.42. The number of aliphatic hydroxyl groups is 2. The molecule has 0 bridgehead atoms. The van der Waals surface area contributed by atoms with Gasteiger partial charge in [-0.1, -0.05) is 43.3 Å². The van der Waals surface area contributed by atoms with E-state index in [9.17, 15) is 15.0 Å². The maximum absolute atomic E-state index is 11.7. The van der Waals surface area contributed by atoms with Gasteiger partial charge in [0.2, 0.25) is 6.29 Å². The molecule has 34 heavy (non-hydrogen) atoms. The van der Waals surface area contributed by atoms with Crippen molar-refractivity contribution in [3.05, 3.63) is 64.7 Å². The fourth-order valence-electron chi connectivity index (χ4n) is 4.00. The van der Waals surface area contributed by atoms with Crippen LogP contribution in [0.1, 0.15) is 36.1 Å². The van der Waals surface area contributed by atoms with E-state index in [1.54, 1.807) is 12.1 Å². The van der Waals surface area contributed by atoms with Crippen LogP contribution in [-0.4, -0.2) is 65.9 Å². The maximum Gasteiger partial charge on any atom is 0.303 e. The molecule has 1 heterocycles. The molecule has 2 aromatic carbocycles. The molecule has 2 aromatic rings. The van der Waals surface area contributed by atoms with Gasteiger partial charge in [0.15, 0.2) is 6.10 Å². The van der Waals surface area contributed by atoms with Crippen molar-refractivity contribution in [2.24, 2.45) is 0 Å². The van der Waals surface area contributed by atoms with Gasteiger partial charge in [-0.05, 0) is 34.7 Å². The molecule has 3 N–H and O–H groups in total. The molecule has 5 atom stereocenters. The number of aliphatic hydroxyl groups excluding tert-OH is 2. The summed E-state index contributed by atoms with van der Waals surface area (Å²) in [7, 11) is 1.36. The van der Waals surface area contributed by atoms with E-state index < -0.39 is 36.7 Å². The zero-order valence-electron chi connectivity index (χ0n) is 19.5. The van der Waals surface area contributed by atoms with Crippen LogP contribution >= 0.6 is 0 Å². The number of rotatable bonds is 10. The van der Waals surface area contributed by atoms with E-state index in [1.807, 2.05) is 18.2 Å². The fourth-order valence-corrected chi connectivity index (χ4v) is 4.00. The Morgan fingerprint density at radius 2 is 1.74 bits per heavy atom. The summed E-state index contributed by atoms with van der Waals surface area (Å²) in [6, 6.07) is 13.6. The van der Waals surface area contributed by atoms with Crippen LogP contribution in [-0.2, 0) is 43.3 Å². The second-order valence-corrected chi connectivity index (χ2v) is 8.17. The molecule has 1 aliphatic rings. The first-order valence-electron chi connectivity index (χ1n) is 11.2. The summed E-state index contributed by atoms with van der Waals surface area (Å²) in [5, 5.41) is 29.4.